The van der Waals surface area contributed by atoms with Gasteiger partial charge in [-0.1, -0.05) is 0 Å². The summed E-state index contributed by atoms with van der Waals surface area (Å²) in [6, 6.07) is 7.72. The molecule has 182 valence electrons. The fourth-order valence-electron chi connectivity index (χ4n) is 6.35. The van der Waals surface area contributed by atoms with Gasteiger partial charge in [0.25, 0.3) is 5.91 Å². The smallest absolute Gasteiger partial charge is 0.251 e. The molecule has 8 nitrogen and oxygen atoms in total. The molecule has 2 atom stereocenters. The predicted molar refractivity (Wildman–Crippen MR) is 133 cm³/mol. The molecule has 0 spiro atoms. The molecule has 1 heterocycles. The van der Waals surface area contributed by atoms with Gasteiger partial charge in [0, 0.05) is 42.1 Å². The molecule has 0 aliphatic heterocycles. The number of hydrogen-bond acceptors (Lipinski definition) is 7. The molecule has 4 fully saturated rings. The quantitative estimate of drug-likeness (QED) is 0.476. The van der Waals surface area contributed by atoms with Crippen LogP contribution in [0.2, 0.25) is 0 Å². The Morgan fingerprint density at radius 1 is 1.15 bits per heavy atom. The van der Waals surface area contributed by atoms with Gasteiger partial charge in [0.2, 0.25) is 5.95 Å². The lowest BCUT2D eigenvalue weighted by molar-refractivity contribution is -0.129. The zero-order valence-electron chi connectivity index (χ0n) is 20.3. The van der Waals surface area contributed by atoms with Crippen molar-refractivity contribution in [2.45, 2.75) is 50.7 Å². The molecule has 4 saturated carbocycles. The van der Waals surface area contributed by atoms with E-state index in [1.807, 2.05) is 44.2 Å². The summed E-state index contributed by atoms with van der Waals surface area (Å²) in [4.78, 5) is 23.6. The Balaban J connectivity index is 1.23. The molecule has 4 N–H and O–H groups in total. The molecule has 0 radical (unpaired) electrons. The maximum Gasteiger partial charge on any atom is 0.251 e. The summed E-state index contributed by atoms with van der Waals surface area (Å²) >= 11 is 0. The molecule has 4 aliphatic carbocycles. The number of rotatable bonds is 8. The number of aliphatic hydroxyl groups is 1. The average molecular weight is 465 g/mol. The van der Waals surface area contributed by atoms with E-state index >= 15 is 0 Å². The molecule has 6 rings (SSSR count). The normalized spacial score (nSPS) is 29.3. The van der Waals surface area contributed by atoms with Gasteiger partial charge < -0.3 is 26.0 Å². The lowest BCUT2D eigenvalue weighted by atomic mass is 9.52. The van der Waals surface area contributed by atoms with Crippen LogP contribution in [0.1, 0.15) is 48.0 Å². The van der Waals surface area contributed by atoms with E-state index < -0.39 is 5.60 Å². The number of nitrogens with one attached hydrogen (secondary N) is 3. The van der Waals surface area contributed by atoms with Crippen molar-refractivity contribution in [2.75, 3.05) is 37.8 Å². The summed E-state index contributed by atoms with van der Waals surface area (Å²) in [5.41, 5.74) is 2.04. The Kier molecular flexibility index (Phi) is 6.20. The van der Waals surface area contributed by atoms with Gasteiger partial charge >= 0.3 is 0 Å². The van der Waals surface area contributed by atoms with Crippen molar-refractivity contribution in [2.24, 2.45) is 17.8 Å². The number of aryl methyl sites for hydroxylation is 1. The minimum atomic E-state index is -0.433. The molecule has 1 aromatic heterocycles. The van der Waals surface area contributed by atoms with Crippen LogP contribution in [0.25, 0.3) is 0 Å². The number of hydrogen-bond donors (Lipinski definition) is 4. The molecule has 4 aliphatic rings. The second kappa shape index (κ2) is 9.15. The van der Waals surface area contributed by atoms with Crippen molar-refractivity contribution in [3.05, 3.63) is 41.6 Å². The lowest BCUT2D eigenvalue weighted by Crippen LogP contribution is -2.59. The minimum Gasteiger partial charge on any atom is -0.390 e. The van der Waals surface area contributed by atoms with Crippen LogP contribution in [0.15, 0.2) is 30.5 Å². The van der Waals surface area contributed by atoms with Gasteiger partial charge in [0.05, 0.1) is 5.60 Å². The average Bonchev–Trinajstić information content (AvgIpc) is 2.77. The largest absolute Gasteiger partial charge is 0.390 e. The van der Waals surface area contributed by atoms with Gasteiger partial charge in [0.15, 0.2) is 0 Å². The first-order valence-corrected chi connectivity index (χ1v) is 12.4. The van der Waals surface area contributed by atoms with Gasteiger partial charge in [-0.05, 0) is 95.1 Å². The molecule has 1 aromatic carbocycles. The summed E-state index contributed by atoms with van der Waals surface area (Å²) < 4.78 is 0. The maximum absolute atomic E-state index is 12.3. The Bertz CT molecular complexity index is 1020. The minimum absolute atomic E-state index is 0.0770. The van der Waals surface area contributed by atoms with Crippen LogP contribution in [0.5, 0.6) is 0 Å². The van der Waals surface area contributed by atoms with Gasteiger partial charge in [0.1, 0.15) is 5.82 Å². The van der Waals surface area contributed by atoms with Crippen LogP contribution in [0.4, 0.5) is 17.5 Å². The highest BCUT2D eigenvalue weighted by atomic mass is 16.3. The van der Waals surface area contributed by atoms with Crippen LogP contribution in [-0.2, 0) is 0 Å². The number of aromatic nitrogens is 2. The second-order valence-electron chi connectivity index (χ2n) is 10.9. The van der Waals surface area contributed by atoms with Crippen molar-refractivity contribution in [3.8, 4) is 0 Å². The molecular weight excluding hydrogens is 428 g/mol. The molecular formula is C26H36N6O2. The summed E-state index contributed by atoms with van der Waals surface area (Å²) in [6.45, 7) is 3.44. The first-order chi connectivity index (χ1) is 16.3. The van der Waals surface area contributed by atoms with Crippen LogP contribution < -0.4 is 16.0 Å². The van der Waals surface area contributed by atoms with E-state index in [-0.39, 0.29) is 5.91 Å². The van der Waals surface area contributed by atoms with E-state index in [0.717, 1.165) is 42.9 Å². The number of nitrogens with zero attached hydrogens (tertiary/aromatic N) is 3. The third kappa shape index (κ3) is 4.88. The Morgan fingerprint density at radius 3 is 2.50 bits per heavy atom. The third-order valence-corrected chi connectivity index (χ3v) is 7.76. The number of amides is 1. The Hall–Kier alpha value is -2.71. The number of carbonyl (C=O) groups is 1. The van der Waals surface area contributed by atoms with E-state index in [4.69, 9.17) is 4.98 Å². The molecule has 1 amide bonds. The molecule has 34 heavy (non-hydrogen) atoms. The maximum atomic E-state index is 12.3. The first kappa shape index (κ1) is 23.1. The Labute approximate surface area is 201 Å². The highest BCUT2D eigenvalue weighted by Gasteiger charge is 2.54. The fourth-order valence-corrected chi connectivity index (χ4v) is 6.35. The summed E-state index contributed by atoms with van der Waals surface area (Å²) in [6.07, 6.45) is 7.06. The zero-order chi connectivity index (χ0) is 23.9. The first-order valence-electron chi connectivity index (χ1n) is 12.4. The van der Waals surface area contributed by atoms with E-state index in [2.05, 4.69) is 20.9 Å². The molecule has 8 heteroatoms. The fraction of sp³-hybridized carbons (Fsp3) is 0.577. The summed E-state index contributed by atoms with van der Waals surface area (Å²) in [5, 5.41) is 20.8. The molecule has 0 saturated heterocycles. The number of likely N-dealkylation sites (N-methyl/N-ethyl adjacent to an activating group) is 1. The van der Waals surface area contributed by atoms with E-state index in [0.29, 0.717) is 41.9 Å². The van der Waals surface area contributed by atoms with Crippen molar-refractivity contribution in [1.82, 2.24) is 20.2 Å². The van der Waals surface area contributed by atoms with Crippen molar-refractivity contribution >= 4 is 23.4 Å². The molecule has 2 aromatic rings. The number of benzene rings is 1. The molecule has 2 unspecified atom stereocenters. The van der Waals surface area contributed by atoms with Crippen LogP contribution in [-0.4, -0.2) is 64.7 Å². The second-order valence-corrected chi connectivity index (χ2v) is 10.9. The van der Waals surface area contributed by atoms with Gasteiger partial charge in [-0.15, -0.1) is 0 Å². The van der Waals surface area contributed by atoms with Crippen LogP contribution in [0.3, 0.4) is 0 Å². The standard InChI is InChI=1S/C26H36N6O2/c1-16-15-28-25(29-21-6-4-18(5-7-21)24(33)27-8-9-32(2)3)31-23(16)30-22-19-10-17-11-20(22)14-26(34,12-17)13-19/h4-7,15,17,19-20,22,34H,8-14H2,1-3H3,(H,27,33)(H2,28,29,30,31). The van der Waals surface area contributed by atoms with Crippen molar-refractivity contribution < 1.29 is 9.90 Å². The zero-order valence-corrected chi connectivity index (χ0v) is 20.3. The van der Waals surface area contributed by atoms with Crippen LogP contribution in [0, 0.1) is 24.7 Å². The monoisotopic (exact) mass is 464 g/mol. The van der Waals surface area contributed by atoms with Gasteiger partial charge in [-0.25, -0.2) is 4.98 Å². The highest BCUT2D eigenvalue weighted by molar-refractivity contribution is 5.94. The molecule has 4 bridgehead atoms. The van der Waals surface area contributed by atoms with Gasteiger partial charge in [-0.3, -0.25) is 4.79 Å². The summed E-state index contributed by atoms with van der Waals surface area (Å²) in [7, 11) is 3.96. The van der Waals surface area contributed by atoms with E-state index in [1.54, 1.807) is 12.1 Å². The predicted octanol–water partition coefficient (Wildman–Crippen LogP) is 3.17. The highest BCUT2D eigenvalue weighted by Crippen LogP contribution is 2.56. The van der Waals surface area contributed by atoms with Crippen LogP contribution >= 0.6 is 0 Å². The Morgan fingerprint density at radius 2 is 1.85 bits per heavy atom. The van der Waals surface area contributed by atoms with Gasteiger partial charge in [-0.2, -0.15) is 4.98 Å². The number of carbonyl (C=O) groups excluding carboxylic acids is 1. The van der Waals surface area contributed by atoms with Crippen molar-refractivity contribution in [3.63, 3.8) is 0 Å². The SMILES string of the molecule is Cc1cnc(Nc2ccc(C(=O)NCCN(C)C)cc2)nc1NC1C2CC3CC1CC(O)(C3)C2. The lowest BCUT2D eigenvalue weighted by Gasteiger charge is -2.58. The van der Waals surface area contributed by atoms with E-state index in [1.165, 1.54) is 12.8 Å². The topological polar surface area (TPSA) is 102 Å². The number of anilines is 3. The third-order valence-electron chi connectivity index (χ3n) is 7.76. The summed E-state index contributed by atoms with van der Waals surface area (Å²) in [5.74, 6) is 3.02. The van der Waals surface area contributed by atoms with E-state index in [9.17, 15) is 9.90 Å². The van der Waals surface area contributed by atoms with Crippen molar-refractivity contribution in [1.29, 1.82) is 0 Å².